The van der Waals surface area contributed by atoms with E-state index in [9.17, 15) is 14.7 Å². The molecule has 1 aliphatic rings. The zero-order valence-electron chi connectivity index (χ0n) is 17.8. The van der Waals surface area contributed by atoms with Gasteiger partial charge in [-0.1, -0.05) is 45.0 Å². The molecule has 0 aliphatic carbocycles. The van der Waals surface area contributed by atoms with E-state index in [-0.39, 0.29) is 24.5 Å². The highest BCUT2D eigenvalue weighted by Gasteiger charge is 2.32. The number of likely N-dealkylation sites (tertiary alicyclic amines) is 1. The number of carboxylic acid groups (broad SMARTS) is 1. The number of nitrogens with one attached hydrogen (secondary N) is 1. The van der Waals surface area contributed by atoms with Crippen molar-refractivity contribution in [2.45, 2.75) is 39.7 Å². The standard InChI is InChI=1S/C22H35N3O3/c1-15(2)10-17-6-8-18(9-7-17)20(24(4)5)12-23-22(28)25-13-16(3)11-19(14-25)21(26)27/h6-9,15-16,19-20H,10-14H2,1-5H3,(H,23,28)(H,26,27). The van der Waals surface area contributed by atoms with Gasteiger partial charge in [0.2, 0.25) is 0 Å². The summed E-state index contributed by atoms with van der Waals surface area (Å²) >= 11 is 0. The van der Waals surface area contributed by atoms with E-state index in [0.29, 0.717) is 25.4 Å². The van der Waals surface area contributed by atoms with E-state index in [2.05, 4.69) is 48.3 Å². The highest BCUT2D eigenvalue weighted by atomic mass is 16.4. The van der Waals surface area contributed by atoms with Crippen molar-refractivity contribution in [2.75, 3.05) is 33.7 Å². The van der Waals surface area contributed by atoms with Crippen LogP contribution >= 0.6 is 0 Å². The molecule has 0 bridgehead atoms. The second kappa shape index (κ2) is 9.92. The molecule has 2 rings (SSSR count). The van der Waals surface area contributed by atoms with Crippen LogP contribution in [0.2, 0.25) is 0 Å². The number of hydrogen-bond acceptors (Lipinski definition) is 3. The molecule has 1 aromatic carbocycles. The summed E-state index contributed by atoms with van der Waals surface area (Å²) in [5, 5.41) is 12.3. The lowest BCUT2D eigenvalue weighted by Crippen LogP contribution is -2.50. The fourth-order valence-electron chi connectivity index (χ4n) is 3.94. The van der Waals surface area contributed by atoms with Crippen molar-refractivity contribution < 1.29 is 14.7 Å². The number of carbonyl (C=O) groups is 2. The largest absolute Gasteiger partial charge is 0.481 e. The molecule has 2 amide bonds. The number of rotatable bonds is 7. The maximum Gasteiger partial charge on any atom is 0.317 e. The second-order valence-electron chi connectivity index (χ2n) is 8.79. The fraction of sp³-hybridized carbons (Fsp3) is 0.636. The molecular weight excluding hydrogens is 354 g/mol. The van der Waals surface area contributed by atoms with E-state index in [4.69, 9.17) is 0 Å². The second-order valence-corrected chi connectivity index (χ2v) is 8.79. The van der Waals surface area contributed by atoms with Crippen LogP contribution in [0, 0.1) is 17.8 Å². The van der Waals surface area contributed by atoms with Crippen LogP contribution in [0.3, 0.4) is 0 Å². The molecule has 1 aromatic rings. The molecule has 1 heterocycles. The lowest BCUT2D eigenvalue weighted by atomic mass is 9.91. The Balaban J connectivity index is 1.99. The van der Waals surface area contributed by atoms with Gasteiger partial charge in [-0.05, 0) is 49.9 Å². The molecule has 3 atom stereocenters. The van der Waals surface area contributed by atoms with Gasteiger partial charge in [-0.2, -0.15) is 0 Å². The molecule has 6 nitrogen and oxygen atoms in total. The van der Waals surface area contributed by atoms with Crippen LogP contribution in [0.4, 0.5) is 4.79 Å². The Morgan fingerprint density at radius 1 is 1.21 bits per heavy atom. The Kier molecular flexibility index (Phi) is 7.87. The first kappa shape index (κ1) is 22.2. The lowest BCUT2D eigenvalue weighted by Gasteiger charge is -2.35. The Bertz CT molecular complexity index is 657. The van der Waals surface area contributed by atoms with Gasteiger partial charge in [0.25, 0.3) is 0 Å². The highest BCUT2D eigenvalue weighted by Crippen LogP contribution is 2.23. The maximum atomic E-state index is 12.6. The Morgan fingerprint density at radius 2 is 1.86 bits per heavy atom. The quantitative estimate of drug-likeness (QED) is 0.751. The van der Waals surface area contributed by atoms with Crippen LogP contribution in [0.15, 0.2) is 24.3 Å². The van der Waals surface area contributed by atoms with Gasteiger partial charge in [0.1, 0.15) is 0 Å². The Morgan fingerprint density at radius 3 is 2.39 bits per heavy atom. The van der Waals surface area contributed by atoms with Crippen LogP contribution < -0.4 is 5.32 Å². The number of piperidine rings is 1. The van der Waals surface area contributed by atoms with Gasteiger partial charge in [0.15, 0.2) is 0 Å². The van der Waals surface area contributed by atoms with Crippen molar-refractivity contribution in [3.63, 3.8) is 0 Å². The van der Waals surface area contributed by atoms with Crippen molar-refractivity contribution in [1.29, 1.82) is 0 Å². The summed E-state index contributed by atoms with van der Waals surface area (Å²) in [5.41, 5.74) is 2.48. The number of carboxylic acids is 1. The summed E-state index contributed by atoms with van der Waals surface area (Å²) < 4.78 is 0. The molecule has 28 heavy (non-hydrogen) atoms. The lowest BCUT2D eigenvalue weighted by molar-refractivity contribution is -0.143. The topological polar surface area (TPSA) is 72.9 Å². The minimum atomic E-state index is -0.822. The maximum absolute atomic E-state index is 12.6. The molecule has 0 spiro atoms. The molecule has 2 N–H and O–H groups in total. The number of aliphatic carboxylic acids is 1. The molecule has 1 aliphatic heterocycles. The van der Waals surface area contributed by atoms with Crippen LogP contribution in [0.25, 0.3) is 0 Å². The van der Waals surface area contributed by atoms with E-state index in [1.165, 1.54) is 5.56 Å². The van der Waals surface area contributed by atoms with Gasteiger partial charge in [-0.25, -0.2) is 4.79 Å². The first-order valence-corrected chi connectivity index (χ1v) is 10.2. The first-order valence-electron chi connectivity index (χ1n) is 10.2. The molecule has 0 saturated carbocycles. The number of hydrogen-bond donors (Lipinski definition) is 2. The molecule has 0 radical (unpaired) electrons. The van der Waals surface area contributed by atoms with Gasteiger partial charge in [0.05, 0.1) is 12.0 Å². The average Bonchev–Trinajstić information content (AvgIpc) is 2.61. The minimum Gasteiger partial charge on any atom is -0.481 e. The van der Waals surface area contributed by atoms with Crippen LogP contribution in [0.1, 0.15) is 44.4 Å². The summed E-state index contributed by atoms with van der Waals surface area (Å²) in [5.74, 6) is -0.486. The van der Waals surface area contributed by atoms with E-state index >= 15 is 0 Å². The number of nitrogens with zero attached hydrogens (tertiary/aromatic N) is 2. The fourth-order valence-corrected chi connectivity index (χ4v) is 3.94. The van der Waals surface area contributed by atoms with E-state index in [1.54, 1.807) is 4.90 Å². The molecule has 0 aromatic heterocycles. The summed E-state index contributed by atoms with van der Waals surface area (Å²) in [6.45, 7) is 7.79. The summed E-state index contributed by atoms with van der Waals surface area (Å²) in [7, 11) is 4.00. The average molecular weight is 390 g/mol. The van der Waals surface area contributed by atoms with Gasteiger partial charge >= 0.3 is 12.0 Å². The summed E-state index contributed by atoms with van der Waals surface area (Å²) in [6.07, 6.45) is 1.68. The summed E-state index contributed by atoms with van der Waals surface area (Å²) in [4.78, 5) is 27.7. The molecule has 6 heteroatoms. The zero-order valence-corrected chi connectivity index (χ0v) is 17.8. The van der Waals surface area contributed by atoms with E-state index in [1.807, 2.05) is 21.0 Å². The van der Waals surface area contributed by atoms with Gasteiger partial charge in [-0.15, -0.1) is 0 Å². The number of benzene rings is 1. The van der Waals surface area contributed by atoms with Crippen LogP contribution in [0.5, 0.6) is 0 Å². The van der Waals surface area contributed by atoms with Crippen molar-refractivity contribution >= 4 is 12.0 Å². The smallest absolute Gasteiger partial charge is 0.317 e. The number of likely N-dealkylation sites (N-methyl/N-ethyl adjacent to an activating group) is 1. The molecule has 1 saturated heterocycles. The first-order chi connectivity index (χ1) is 13.2. The third-order valence-corrected chi connectivity index (χ3v) is 5.37. The van der Waals surface area contributed by atoms with Crippen LogP contribution in [-0.4, -0.2) is 60.6 Å². The van der Waals surface area contributed by atoms with Crippen molar-refractivity contribution in [3.8, 4) is 0 Å². The molecule has 1 fully saturated rings. The molecular formula is C22H35N3O3. The van der Waals surface area contributed by atoms with Gasteiger partial charge in [-0.3, -0.25) is 4.79 Å². The predicted molar refractivity (Wildman–Crippen MR) is 111 cm³/mol. The van der Waals surface area contributed by atoms with Crippen molar-refractivity contribution in [2.24, 2.45) is 17.8 Å². The summed E-state index contributed by atoms with van der Waals surface area (Å²) in [6, 6.07) is 8.49. The monoisotopic (exact) mass is 389 g/mol. The van der Waals surface area contributed by atoms with E-state index < -0.39 is 11.9 Å². The normalized spacial score (nSPS) is 21.0. The predicted octanol–water partition coefficient (Wildman–Crippen LogP) is 3.24. The zero-order chi connectivity index (χ0) is 20.8. The Labute approximate surface area is 168 Å². The Hall–Kier alpha value is -2.08. The minimum absolute atomic E-state index is 0.0644. The number of urea groups is 1. The van der Waals surface area contributed by atoms with Crippen LogP contribution in [-0.2, 0) is 11.2 Å². The highest BCUT2D eigenvalue weighted by molar-refractivity contribution is 5.76. The molecule has 3 unspecified atom stereocenters. The SMILES string of the molecule is CC(C)Cc1ccc(C(CNC(=O)N2CC(C)CC(C(=O)O)C2)N(C)C)cc1. The van der Waals surface area contributed by atoms with Crippen molar-refractivity contribution in [1.82, 2.24) is 15.1 Å². The molecule has 156 valence electrons. The number of amides is 2. The number of carbonyl (C=O) groups excluding carboxylic acids is 1. The van der Waals surface area contributed by atoms with E-state index in [0.717, 1.165) is 12.0 Å². The van der Waals surface area contributed by atoms with Gasteiger partial charge < -0.3 is 20.2 Å². The van der Waals surface area contributed by atoms with Gasteiger partial charge in [0, 0.05) is 19.6 Å². The third kappa shape index (κ3) is 6.23. The van der Waals surface area contributed by atoms with Crippen molar-refractivity contribution in [3.05, 3.63) is 35.4 Å². The third-order valence-electron chi connectivity index (χ3n) is 5.37.